The average molecular weight is 779 g/mol. The van der Waals surface area contributed by atoms with Crippen LogP contribution in [0.25, 0.3) is 0 Å². The minimum Gasteiger partial charge on any atom is -0.462 e. The van der Waals surface area contributed by atoms with Crippen molar-refractivity contribution in [2.45, 2.75) is 278 Å². The van der Waals surface area contributed by atoms with Gasteiger partial charge in [-0.05, 0) is 25.2 Å². The topological polar surface area (TPSA) is 78.9 Å². The maximum absolute atomic E-state index is 12.7. The first kappa shape index (κ1) is 53.4. The number of rotatable bonds is 44. The summed E-state index contributed by atoms with van der Waals surface area (Å²) in [7, 11) is 0. The van der Waals surface area contributed by atoms with Gasteiger partial charge >= 0.3 is 17.9 Å². The molecule has 2 atom stereocenters. The van der Waals surface area contributed by atoms with Crippen LogP contribution in [0.4, 0.5) is 0 Å². The lowest BCUT2D eigenvalue weighted by Crippen LogP contribution is -2.30. The van der Waals surface area contributed by atoms with E-state index in [1.807, 2.05) is 0 Å². The number of hydrogen-bond donors (Lipinski definition) is 0. The van der Waals surface area contributed by atoms with E-state index in [9.17, 15) is 14.4 Å². The molecule has 0 amide bonds. The van der Waals surface area contributed by atoms with Crippen LogP contribution in [0.2, 0.25) is 0 Å². The number of carbonyl (C=O) groups excluding carboxylic acids is 3. The third-order valence-corrected chi connectivity index (χ3v) is 11.4. The summed E-state index contributed by atoms with van der Waals surface area (Å²) in [4.78, 5) is 37.7. The van der Waals surface area contributed by atoms with Gasteiger partial charge in [0.2, 0.25) is 0 Å². The van der Waals surface area contributed by atoms with Crippen molar-refractivity contribution in [2.24, 2.45) is 5.92 Å². The monoisotopic (exact) mass is 779 g/mol. The summed E-state index contributed by atoms with van der Waals surface area (Å²) in [6.07, 6.45) is 43.8. The first-order valence-corrected chi connectivity index (χ1v) is 24.4. The van der Waals surface area contributed by atoms with Gasteiger partial charge in [-0.1, -0.05) is 233 Å². The Hall–Kier alpha value is -1.59. The molecule has 326 valence electrons. The quantitative estimate of drug-likeness (QED) is 0.0348. The van der Waals surface area contributed by atoms with Crippen LogP contribution < -0.4 is 0 Å². The summed E-state index contributed by atoms with van der Waals surface area (Å²) >= 11 is 0. The molecule has 0 fully saturated rings. The maximum Gasteiger partial charge on any atom is 0.306 e. The zero-order valence-electron chi connectivity index (χ0n) is 37.4. The number of unbranched alkanes of at least 4 members (excludes halogenated alkanes) is 30. The third-order valence-electron chi connectivity index (χ3n) is 11.4. The van der Waals surface area contributed by atoms with E-state index in [0.29, 0.717) is 19.3 Å². The van der Waals surface area contributed by atoms with E-state index in [2.05, 4.69) is 27.7 Å². The van der Waals surface area contributed by atoms with Crippen molar-refractivity contribution in [3.63, 3.8) is 0 Å². The zero-order valence-corrected chi connectivity index (χ0v) is 37.4. The molecule has 0 rings (SSSR count). The Kier molecular flexibility index (Phi) is 42.3. The van der Waals surface area contributed by atoms with Crippen LogP contribution in [-0.2, 0) is 28.6 Å². The molecule has 55 heavy (non-hydrogen) atoms. The highest BCUT2D eigenvalue weighted by atomic mass is 16.6. The Labute approximate surface area is 342 Å². The van der Waals surface area contributed by atoms with E-state index in [0.717, 1.165) is 63.7 Å². The molecule has 0 N–H and O–H groups in total. The first-order chi connectivity index (χ1) is 26.9. The van der Waals surface area contributed by atoms with Crippen LogP contribution in [0.1, 0.15) is 272 Å². The molecule has 0 spiro atoms. The lowest BCUT2D eigenvalue weighted by molar-refractivity contribution is -0.167. The summed E-state index contributed by atoms with van der Waals surface area (Å²) in [6.45, 7) is 8.97. The Morgan fingerprint density at radius 1 is 0.364 bits per heavy atom. The fraction of sp³-hybridized carbons (Fsp3) is 0.939. The lowest BCUT2D eigenvalue weighted by Gasteiger charge is -2.18. The number of carbonyl (C=O) groups is 3. The van der Waals surface area contributed by atoms with Crippen molar-refractivity contribution in [3.8, 4) is 0 Å². The molecule has 0 saturated carbocycles. The molecule has 0 aliphatic rings. The first-order valence-electron chi connectivity index (χ1n) is 24.4. The predicted molar refractivity (Wildman–Crippen MR) is 233 cm³/mol. The fourth-order valence-electron chi connectivity index (χ4n) is 7.30. The standard InChI is InChI=1S/C49H94O6/c1-5-8-10-12-14-16-17-18-19-20-21-22-23-24-26-28-34-38-42-49(52)55-46(43-53-47(50)40-36-32-27-25-15-13-11-9-6-2)44-54-48(51)41-37-33-30-29-31-35-39-45(4)7-3/h45-46H,5-44H2,1-4H3/t45?,46-/m0/s1. The normalized spacial score (nSPS) is 12.4. The molecule has 0 aliphatic carbocycles. The highest BCUT2D eigenvalue weighted by Crippen LogP contribution is 2.17. The summed E-state index contributed by atoms with van der Waals surface area (Å²) < 4.78 is 16.7. The predicted octanol–water partition coefficient (Wildman–Crippen LogP) is 15.5. The molecule has 6 nitrogen and oxygen atoms in total. The van der Waals surface area contributed by atoms with Crippen molar-refractivity contribution < 1.29 is 28.6 Å². The summed E-state index contributed by atoms with van der Waals surface area (Å²) in [5.74, 6) is -0.0409. The zero-order chi connectivity index (χ0) is 40.3. The Morgan fingerprint density at radius 3 is 0.945 bits per heavy atom. The molecule has 0 aromatic heterocycles. The average Bonchev–Trinajstić information content (AvgIpc) is 3.18. The molecule has 0 bridgehead atoms. The van der Waals surface area contributed by atoms with Crippen LogP contribution >= 0.6 is 0 Å². The molecule has 1 unspecified atom stereocenters. The lowest BCUT2D eigenvalue weighted by atomic mass is 10.00. The van der Waals surface area contributed by atoms with Gasteiger partial charge in [0.25, 0.3) is 0 Å². The van der Waals surface area contributed by atoms with Crippen molar-refractivity contribution in [1.82, 2.24) is 0 Å². The minimum absolute atomic E-state index is 0.0644. The van der Waals surface area contributed by atoms with Gasteiger partial charge in [0, 0.05) is 19.3 Å². The van der Waals surface area contributed by atoms with Crippen LogP contribution in [0.5, 0.6) is 0 Å². The minimum atomic E-state index is -0.760. The highest BCUT2D eigenvalue weighted by Gasteiger charge is 2.19. The van der Waals surface area contributed by atoms with Gasteiger partial charge in [0.15, 0.2) is 6.10 Å². The van der Waals surface area contributed by atoms with Crippen LogP contribution in [0, 0.1) is 5.92 Å². The van der Waals surface area contributed by atoms with Gasteiger partial charge in [0.05, 0.1) is 0 Å². The van der Waals surface area contributed by atoms with Crippen molar-refractivity contribution in [2.75, 3.05) is 13.2 Å². The molecule has 0 aromatic rings. The summed E-state index contributed by atoms with van der Waals surface area (Å²) in [5.41, 5.74) is 0. The van der Waals surface area contributed by atoms with E-state index in [1.54, 1.807) is 0 Å². The molecule has 0 aromatic carbocycles. The Morgan fingerprint density at radius 2 is 0.636 bits per heavy atom. The second-order valence-electron chi connectivity index (χ2n) is 17.0. The fourth-order valence-corrected chi connectivity index (χ4v) is 7.30. The number of esters is 3. The van der Waals surface area contributed by atoms with Gasteiger partial charge in [-0.25, -0.2) is 0 Å². The Bertz CT molecular complexity index is 828. The smallest absolute Gasteiger partial charge is 0.306 e. The van der Waals surface area contributed by atoms with E-state index in [-0.39, 0.29) is 31.1 Å². The maximum atomic E-state index is 12.7. The second-order valence-corrected chi connectivity index (χ2v) is 17.0. The summed E-state index contributed by atoms with van der Waals surface area (Å²) in [6, 6.07) is 0. The SMILES string of the molecule is CCCCCCCCCCCCCCCCCCCCC(=O)O[C@@H](COC(=O)CCCCCCCCCCC)COC(=O)CCCCCCCCC(C)CC. The van der Waals surface area contributed by atoms with Crippen molar-refractivity contribution >= 4 is 17.9 Å². The Balaban J connectivity index is 4.25. The molecule has 0 aliphatic heterocycles. The number of hydrogen-bond acceptors (Lipinski definition) is 6. The second kappa shape index (κ2) is 43.5. The van der Waals surface area contributed by atoms with Gasteiger partial charge in [-0.2, -0.15) is 0 Å². The van der Waals surface area contributed by atoms with Gasteiger partial charge in [-0.15, -0.1) is 0 Å². The van der Waals surface area contributed by atoms with E-state index in [4.69, 9.17) is 14.2 Å². The molecule has 0 heterocycles. The number of ether oxygens (including phenoxy) is 3. The van der Waals surface area contributed by atoms with Gasteiger partial charge < -0.3 is 14.2 Å². The van der Waals surface area contributed by atoms with E-state index in [1.165, 1.54) is 167 Å². The molecule has 0 saturated heterocycles. The van der Waals surface area contributed by atoms with Gasteiger partial charge in [0.1, 0.15) is 13.2 Å². The molecular weight excluding hydrogens is 685 g/mol. The molecule has 0 radical (unpaired) electrons. The summed E-state index contributed by atoms with van der Waals surface area (Å²) in [5, 5.41) is 0. The molecule has 6 heteroatoms. The third kappa shape index (κ3) is 41.9. The largest absolute Gasteiger partial charge is 0.462 e. The van der Waals surface area contributed by atoms with E-state index < -0.39 is 6.10 Å². The highest BCUT2D eigenvalue weighted by molar-refractivity contribution is 5.71. The van der Waals surface area contributed by atoms with Crippen LogP contribution in [-0.4, -0.2) is 37.2 Å². The van der Waals surface area contributed by atoms with Crippen molar-refractivity contribution in [3.05, 3.63) is 0 Å². The van der Waals surface area contributed by atoms with Crippen molar-refractivity contribution in [1.29, 1.82) is 0 Å². The molecular formula is C49H94O6. The van der Waals surface area contributed by atoms with E-state index >= 15 is 0 Å². The van der Waals surface area contributed by atoms with Gasteiger partial charge in [-0.3, -0.25) is 14.4 Å². The van der Waals surface area contributed by atoms with Crippen LogP contribution in [0.15, 0.2) is 0 Å². The van der Waals surface area contributed by atoms with Crippen LogP contribution in [0.3, 0.4) is 0 Å².